The maximum absolute atomic E-state index is 13.4. The first kappa shape index (κ1) is 24.9. The summed E-state index contributed by atoms with van der Waals surface area (Å²) in [7, 11) is 0. The summed E-state index contributed by atoms with van der Waals surface area (Å²) in [6.07, 6.45) is 5.26. The molecule has 34 heavy (non-hydrogen) atoms. The first-order valence-electron chi connectivity index (χ1n) is 12.5. The number of likely N-dealkylation sites (tertiary alicyclic amines) is 1. The molecule has 2 amide bonds. The zero-order chi connectivity index (χ0) is 24.1. The van der Waals surface area contributed by atoms with Gasteiger partial charge >= 0.3 is 0 Å². The lowest BCUT2D eigenvalue weighted by molar-refractivity contribution is -0.142. The van der Waals surface area contributed by atoms with Crippen LogP contribution in [0.25, 0.3) is 0 Å². The van der Waals surface area contributed by atoms with Crippen molar-refractivity contribution in [2.45, 2.75) is 89.6 Å². The highest BCUT2D eigenvalue weighted by molar-refractivity contribution is 7.09. The molecule has 7 heteroatoms. The molecule has 1 aliphatic carbocycles. The van der Waals surface area contributed by atoms with E-state index in [1.165, 1.54) is 16.0 Å². The lowest BCUT2D eigenvalue weighted by Gasteiger charge is -2.43. The fraction of sp³-hybridized carbons (Fsp3) is 0.556. The number of aryl methyl sites for hydroxylation is 1. The molecule has 0 spiro atoms. The van der Waals surface area contributed by atoms with Crippen molar-refractivity contribution in [3.8, 4) is 0 Å². The van der Waals surface area contributed by atoms with E-state index in [0.29, 0.717) is 13.0 Å². The van der Waals surface area contributed by atoms with Gasteiger partial charge in [0.2, 0.25) is 11.8 Å². The van der Waals surface area contributed by atoms with Gasteiger partial charge in [0.25, 0.3) is 0 Å². The summed E-state index contributed by atoms with van der Waals surface area (Å²) in [5.41, 5.74) is 8.57. The molecule has 2 aliphatic rings. The summed E-state index contributed by atoms with van der Waals surface area (Å²) in [5.74, 6) is -0.0283. The molecule has 0 bridgehead atoms. The van der Waals surface area contributed by atoms with Crippen molar-refractivity contribution < 1.29 is 9.59 Å². The van der Waals surface area contributed by atoms with E-state index in [-0.39, 0.29) is 29.9 Å². The Morgan fingerprint density at radius 3 is 2.47 bits per heavy atom. The Bertz CT molecular complexity index is 938. The third-order valence-electron chi connectivity index (χ3n) is 7.36. The number of thiophene rings is 1. The van der Waals surface area contributed by atoms with E-state index >= 15 is 0 Å². The smallest absolute Gasteiger partial charge is 0.243 e. The number of hydrogen-bond acceptors (Lipinski definition) is 5. The Labute approximate surface area is 207 Å². The minimum Gasteiger partial charge on any atom is -0.352 e. The highest BCUT2D eigenvalue weighted by Gasteiger charge is 2.38. The number of carbonyl (C=O) groups is 2. The second kappa shape index (κ2) is 11.5. The van der Waals surface area contributed by atoms with Crippen LogP contribution in [0.15, 0.2) is 41.8 Å². The van der Waals surface area contributed by atoms with Crippen molar-refractivity contribution in [2.75, 3.05) is 6.54 Å². The SMILES string of the molecule is CC(=O)N1CCC(N(Cc2ccc(C)cc2)Cc2cccs2)C[C@@H]1C(=O)NC1CCC(N)CC1. The Hall–Kier alpha value is -2.22. The van der Waals surface area contributed by atoms with Gasteiger partial charge in [0.05, 0.1) is 0 Å². The van der Waals surface area contributed by atoms with Gasteiger partial charge in [-0.2, -0.15) is 0 Å². The molecule has 2 heterocycles. The number of hydrogen-bond donors (Lipinski definition) is 2. The van der Waals surface area contributed by atoms with Crippen LogP contribution in [-0.2, 0) is 22.7 Å². The van der Waals surface area contributed by atoms with Crippen LogP contribution in [0, 0.1) is 6.92 Å². The molecule has 1 aromatic heterocycles. The second-order valence-electron chi connectivity index (χ2n) is 10.00. The number of benzene rings is 1. The molecule has 2 atom stereocenters. The summed E-state index contributed by atoms with van der Waals surface area (Å²) in [4.78, 5) is 31.4. The van der Waals surface area contributed by atoms with Gasteiger partial charge in [-0.05, 0) is 62.5 Å². The molecule has 2 fully saturated rings. The minimum absolute atomic E-state index is 0.00761. The van der Waals surface area contributed by atoms with Gasteiger partial charge in [0.1, 0.15) is 6.04 Å². The Balaban J connectivity index is 1.49. The monoisotopic (exact) mass is 482 g/mol. The van der Waals surface area contributed by atoms with Crippen LogP contribution in [0.4, 0.5) is 0 Å². The van der Waals surface area contributed by atoms with Gasteiger partial charge in [0, 0.05) is 49.6 Å². The van der Waals surface area contributed by atoms with Crippen molar-refractivity contribution in [3.05, 3.63) is 57.8 Å². The van der Waals surface area contributed by atoms with Crippen LogP contribution >= 0.6 is 11.3 Å². The predicted molar refractivity (Wildman–Crippen MR) is 137 cm³/mol. The van der Waals surface area contributed by atoms with E-state index in [1.54, 1.807) is 23.2 Å². The van der Waals surface area contributed by atoms with Crippen LogP contribution in [0.2, 0.25) is 0 Å². The highest BCUT2D eigenvalue weighted by atomic mass is 32.1. The molecule has 1 aromatic carbocycles. The van der Waals surface area contributed by atoms with Crippen molar-refractivity contribution >= 4 is 23.2 Å². The van der Waals surface area contributed by atoms with Crippen LogP contribution in [-0.4, -0.2) is 52.3 Å². The van der Waals surface area contributed by atoms with Gasteiger partial charge in [-0.3, -0.25) is 14.5 Å². The van der Waals surface area contributed by atoms with Crippen LogP contribution in [0.3, 0.4) is 0 Å². The average Bonchev–Trinajstić information content (AvgIpc) is 3.34. The van der Waals surface area contributed by atoms with Crippen molar-refractivity contribution in [2.24, 2.45) is 5.73 Å². The summed E-state index contributed by atoms with van der Waals surface area (Å²) in [6.45, 7) is 5.98. The third kappa shape index (κ3) is 6.46. The second-order valence-corrected chi connectivity index (χ2v) is 11.0. The summed E-state index contributed by atoms with van der Waals surface area (Å²) in [5, 5.41) is 5.37. The zero-order valence-corrected chi connectivity index (χ0v) is 21.2. The molecule has 184 valence electrons. The number of nitrogens with zero attached hydrogens (tertiary/aromatic N) is 2. The molecule has 1 saturated heterocycles. The molecule has 1 saturated carbocycles. The molecule has 2 aromatic rings. The fourth-order valence-electron chi connectivity index (χ4n) is 5.31. The largest absolute Gasteiger partial charge is 0.352 e. The number of rotatable bonds is 7. The molecular formula is C27H38N4O2S. The van der Waals surface area contributed by atoms with E-state index in [1.807, 2.05) is 0 Å². The van der Waals surface area contributed by atoms with Gasteiger partial charge in [0.15, 0.2) is 0 Å². The van der Waals surface area contributed by atoms with Crippen LogP contribution in [0.5, 0.6) is 0 Å². The summed E-state index contributed by atoms with van der Waals surface area (Å²) < 4.78 is 0. The topological polar surface area (TPSA) is 78.7 Å². The fourth-order valence-corrected chi connectivity index (χ4v) is 6.04. The third-order valence-corrected chi connectivity index (χ3v) is 8.22. The summed E-state index contributed by atoms with van der Waals surface area (Å²) >= 11 is 1.77. The van der Waals surface area contributed by atoms with E-state index in [2.05, 4.69) is 58.9 Å². The molecule has 1 aliphatic heterocycles. The Morgan fingerprint density at radius 1 is 1.09 bits per heavy atom. The van der Waals surface area contributed by atoms with Gasteiger partial charge in [-0.15, -0.1) is 11.3 Å². The zero-order valence-electron chi connectivity index (χ0n) is 20.4. The average molecular weight is 483 g/mol. The highest BCUT2D eigenvalue weighted by Crippen LogP contribution is 2.27. The van der Waals surface area contributed by atoms with E-state index in [4.69, 9.17) is 5.73 Å². The van der Waals surface area contributed by atoms with Gasteiger partial charge in [-0.25, -0.2) is 0 Å². The molecule has 1 unspecified atom stereocenters. The van der Waals surface area contributed by atoms with E-state index in [9.17, 15) is 9.59 Å². The lowest BCUT2D eigenvalue weighted by atomic mass is 9.90. The quantitative estimate of drug-likeness (QED) is 0.629. The van der Waals surface area contributed by atoms with Crippen molar-refractivity contribution in [3.63, 3.8) is 0 Å². The minimum atomic E-state index is -0.421. The lowest BCUT2D eigenvalue weighted by Crippen LogP contribution is -2.58. The van der Waals surface area contributed by atoms with Crippen LogP contribution in [0.1, 0.15) is 61.5 Å². The predicted octanol–water partition coefficient (Wildman–Crippen LogP) is 3.82. The molecule has 3 N–H and O–H groups in total. The summed E-state index contributed by atoms with van der Waals surface area (Å²) in [6, 6.07) is 13.2. The normalized spacial score (nSPS) is 25.4. The van der Waals surface area contributed by atoms with Crippen LogP contribution < -0.4 is 11.1 Å². The Kier molecular flexibility index (Phi) is 8.40. The standard InChI is InChI=1S/C27H38N4O2S/c1-19-5-7-21(8-6-19)17-30(18-25-4-3-15-34-25)24-13-14-31(20(2)32)26(16-24)27(33)29-23-11-9-22(28)10-12-23/h3-8,15,22-24,26H,9-14,16-18,28H2,1-2H3,(H,29,33)/t22?,23?,24?,26-/m1/s1. The Morgan fingerprint density at radius 2 is 1.82 bits per heavy atom. The van der Waals surface area contributed by atoms with Gasteiger partial charge < -0.3 is 16.0 Å². The number of amides is 2. The first-order chi connectivity index (χ1) is 16.4. The van der Waals surface area contributed by atoms with E-state index in [0.717, 1.165) is 45.2 Å². The van der Waals surface area contributed by atoms with Gasteiger partial charge in [-0.1, -0.05) is 35.9 Å². The van der Waals surface area contributed by atoms with E-state index < -0.39 is 6.04 Å². The maximum atomic E-state index is 13.4. The molecule has 6 nitrogen and oxygen atoms in total. The molecular weight excluding hydrogens is 444 g/mol. The number of carbonyl (C=O) groups excluding carboxylic acids is 2. The molecule has 0 radical (unpaired) electrons. The van der Waals surface area contributed by atoms with Crippen molar-refractivity contribution in [1.29, 1.82) is 0 Å². The number of piperidine rings is 1. The number of nitrogens with two attached hydrogens (primary N) is 1. The maximum Gasteiger partial charge on any atom is 0.243 e. The number of nitrogens with one attached hydrogen (secondary N) is 1. The van der Waals surface area contributed by atoms with Crippen molar-refractivity contribution in [1.82, 2.24) is 15.1 Å². The first-order valence-corrected chi connectivity index (χ1v) is 13.4. The molecule has 4 rings (SSSR count).